The Morgan fingerprint density at radius 3 is 2.47 bits per heavy atom. The van der Waals surface area contributed by atoms with Crippen LogP contribution in [-0.2, 0) is 10.2 Å². The summed E-state index contributed by atoms with van der Waals surface area (Å²) in [6.45, 7) is 7.83. The van der Waals surface area contributed by atoms with Crippen LogP contribution in [0.15, 0.2) is 29.6 Å². The molecule has 0 spiro atoms. The van der Waals surface area contributed by atoms with Crippen molar-refractivity contribution in [3.8, 4) is 0 Å². The number of amides is 2. The minimum atomic E-state index is -0.145. The number of anilines is 1. The summed E-state index contributed by atoms with van der Waals surface area (Å²) in [4.78, 5) is 34.7. The Morgan fingerprint density at radius 1 is 1.09 bits per heavy atom. The van der Waals surface area contributed by atoms with E-state index in [9.17, 15) is 9.59 Å². The largest absolute Gasteiger partial charge is 0.342 e. The van der Waals surface area contributed by atoms with Crippen LogP contribution in [-0.4, -0.2) is 52.8 Å². The van der Waals surface area contributed by atoms with Gasteiger partial charge in [-0.05, 0) is 55.3 Å². The van der Waals surface area contributed by atoms with E-state index in [0.717, 1.165) is 37.9 Å². The number of carbonyl (C=O) groups excluding carboxylic acids is 2. The van der Waals surface area contributed by atoms with Gasteiger partial charge in [-0.3, -0.25) is 19.8 Å². The monoisotopic (exact) mass is 482 g/mol. The maximum absolute atomic E-state index is 13.0. The first kappa shape index (κ1) is 24.9. The lowest BCUT2D eigenvalue weighted by Crippen LogP contribution is -2.44. The first-order valence-corrected chi connectivity index (χ1v) is 13.5. The van der Waals surface area contributed by atoms with Crippen LogP contribution in [0.3, 0.4) is 0 Å². The molecule has 2 aromatic rings. The Bertz CT molecular complexity index is 989. The van der Waals surface area contributed by atoms with Crippen LogP contribution < -0.4 is 5.32 Å². The predicted octanol–water partition coefficient (Wildman–Crippen LogP) is 5.62. The highest BCUT2D eigenvalue weighted by Gasteiger charge is 2.31. The number of rotatable bonds is 6. The number of benzene rings is 1. The number of thiazole rings is 1. The molecule has 1 atom stereocenters. The quantitative estimate of drug-likeness (QED) is 0.580. The fourth-order valence-electron chi connectivity index (χ4n) is 5.10. The molecule has 1 aliphatic heterocycles. The minimum Gasteiger partial charge on any atom is -0.342 e. The summed E-state index contributed by atoms with van der Waals surface area (Å²) < 4.78 is 0. The number of nitrogens with one attached hydrogen (secondary N) is 1. The lowest BCUT2D eigenvalue weighted by Gasteiger charge is -2.33. The smallest absolute Gasteiger partial charge is 0.257 e. The Morgan fingerprint density at radius 2 is 1.79 bits per heavy atom. The van der Waals surface area contributed by atoms with Crippen LogP contribution >= 0.6 is 11.3 Å². The summed E-state index contributed by atoms with van der Waals surface area (Å²) in [5.41, 5.74) is 2.84. The van der Waals surface area contributed by atoms with Crippen molar-refractivity contribution < 1.29 is 9.59 Å². The lowest BCUT2D eigenvalue weighted by molar-refractivity contribution is -0.134. The molecule has 1 aliphatic carbocycles. The van der Waals surface area contributed by atoms with Crippen molar-refractivity contribution in [2.75, 3.05) is 25.5 Å². The second-order valence-corrected chi connectivity index (χ2v) is 11.6. The van der Waals surface area contributed by atoms with Gasteiger partial charge in [0.05, 0.1) is 18.3 Å². The predicted molar refractivity (Wildman–Crippen MR) is 138 cm³/mol. The maximum atomic E-state index is 13.0. The van der Waals surface area contributed by atoms with Crippen LogP contribution in [0.4, 0.5) is 5.13 Å². The van der Waals surface area contributed by atoms with Gasteiger partial charge in [-0.25, -0.2) is 4.98 Å². The zero-order chi connectivity index (χ0) is 24.3. The number of aromatic nitrogens is 1. The highest BCUT2D eigenvalue weighted by molar-refractivity contribution is 7.14. The van der Waals surface area contributed by atoms with E-state index in [2.05, 4.69) is 31.0 Å². The molecule has 34 heavy (non-hydrogen) atoms. The average molecular weight is 483 g/mol. The second kappa shape index (κ2) is 10.6. The molecule has 2 heterocycles. The first-order chi connectivity index (χ1) is 16.2. The second-order valence-electron chi connectivity index (χ2n) is 10.8. The van der Waals surface area contributed by atoms with Crippen LogP contribution in [0.2, 0.25) is 0 Å². The molecule has 1 aromatic heterocycles. The number of likely N-dealkylation sites (N-methyl/N-ethyl adjacent to an activating group) is 1. The minimum absolute atomic E-state index is 0.0545. The van der Waals surface area contributed by atoms with Gasteiger partial charge in [0.15, 0.2) is 5.13 Å². The molecule has 4 rings (SSSR count). The fourth-order valence-corrected chi connectivity index (χ4v) is 5.85. The average Bonchev–Trinajstić information content (AvgIpc) is 3.48. The summed E-state index contributed by atoms with van der Waals surface area (Å²) >= 11 is 1.45. The Hall–Kier alpha value is -2.25. The number of hydrogen-bond donors (Lipinski definition) is 1. The number of likely N-dealkylation sites (tertiary alicyclic amines) is 1. The van der Waals surface area contributed by atoms with Gasteiger partial charge < -0.3 is 4.90 Å². The molecular formula is C27H38N4O2S. The Balaban J connectivity index is 1.36. The van der Waals surface area contributed by atoms with Gasteiger partial charge in [0.1, 0.15) is 0 Å². The lowest BCUT2D eigenvalue weighted by atomic mass is 9.87. The Kier molecular flexibility index (Phi) is 7.73. The van der Waals surface area contributed by atoms with Gasteiger partial charge in [0.25, 0.3) is 5.91 Å². The van der Waals surface area contributed by atoms with E-state index in [4.69, 9.17) is 4.98 Å². The van der Waals surface area contributed by atoms with Crippen LogP contribution in [0.25, 0.3) is 0 Å². The van der Waals surface area contributed by atoms with Crippen LogP contribution in [0.5, 0.6) is 0 Å². The van der Waals surface area contributed by atoms with Gasteiger partial charge in [-0.1, -0.05) is 52.2 Å². The van der Waals surface area contributed by atoms with Crippen molar-refractivity contribution >= 4 is 28.3 Å². The van der Waals surface area contributed by atoms with E-state index >= 15 is 0 Å². The van der Waals surface area contributed by atoms with E-state index < -0.39 is 0 Å². The molecule has 1 N–H and O–H groups in total. The van der Waals surface area contributed by atoms with Gasteiger partial charge in [-0.2, -0.15) is 0 Å². The van der Waals surface area contributed by atoms with Crippen molar-refractivity contribution in [1.82, 2.24) is 14.8 Å². The highest BCUT2D eigenvalue weighted by Crippen LogP contribution is 2.34. The molecule has 0 radical (unpaired) electrons. The van der Waals surface area contributed by atoms with Crippen molar-refractivity contribution in [3.05, 3.63) is 46.5 Å². The molecule has 0 bridgehead atoms. The van der Waals surface area contributed by atoms with Crippen molar-refractivity contribution in [3.63, 3.8) is 0 Å². The van der Waals surface area contributed by atoms with E-state index in [-0.39, 0.29) is 23.3 Å². The van der Waals surface area contributed by atoms with E-state index in [0.29, 0.717) is 23.3 Å². The van der Waals surface area contributed by atoms with Gasteiger partial charge >= 0.3 is 0 Å². The normalized spacial score (nSPS) is 19.8. The van der Waals surface area contributed by atoms with Gasteiger partial charge in [0.2, 0.25) is 5.91 Å². The highest BCUT2D eigenvalue weighted by atomic mass is 32.1. The third-order valence-corrected chi connectivity index (χ3v) is 8.09. The first-order valence-electron chi connectivity index (χ1n) is 12.6. The standard InChI is InChI=1S/C27H38N4O2S/c1-27(2,3)20-14-12-19(13-15-20)25(33)29-26-28-22(18-34-26)23-11-8-16-31(23)17-24(32)30(4)21-9-6-5-7-10-21/h12-15,18,21,23H,5-11,16-17H2,1-4H3,(H,28,29,33)/t23-/m1/s1. The SMILES string of the molecule is CN(C(=O)CN1CCC[C@@H]1c1csc(NC(=O)c2ccc(C(C)(C)C)cc2)n1)C1CCCCC1. The van der Waals surface area contributed by atoms with E-state index in [1.807, 2.05) is 41.6 Å². The third-order valence-electron chi connectivity index (χ3n) is 7.31. The summed E-state index contributed by atoms with van der Waals surface area (Å²) in [5.74, 6) is 0.0650. The van der Waals surface area contributed by atoms with E-state index in [1.165, 1.54) is 36.2 Å². The van der Waals surface area contributed by atoms with Gasteiger partial charge in [0, 0.05) is 24.0 Å². The van der Waals surface area contributed by atoms with Crippen LogP contribution in [0.1, 0.15) is 93.4 Å². The molecule has 1 aromatic carbocycles. The summed E-state index contributed by atoms with van der Waals surface area (Å²) in [6.07, 6.45) is 8.04. The van der Waals surface area contributed by atoms with Gasteiger partial charge in [-0.15, -0.1) is 11.3 Å². The molecule has 7 heteroatoms. The number of nitrogens with zero attached hydrogens (tertiary/aromatic N) is 3. The fraction of sp³-hybridized carbons (Fsp3) is 0.593. The summed E-state index contributed by atoms with van der Waals surface area (Å²) in [7, 11) is 1.97. The number of carbonyl (C=O) groups is 2. The van der Waals surface area contributed by atoms with Crippen molar-refractivity contribution in [2.45, 2.75) is 83.2 Å². The number of hydrogen-bond acceptors (Lipinski definition) is 5. The van der Waals surface area contributed by atoms with Crippen molar-refractivity contribution in [1.29, 1.82) is 0 Å². The molecule has 0 unspecified atom stereocenters. The van der Waals surface area contributed by atoms with Crippen molar-refractivity contribution in [2.24, 2.45) is 0 Å². The zero-order valence-corrected chi connectivity index (χ0v) is 21.8. The molecule has 2 aliphatic rings. The summed E-state index contributed by atoms with van der Waals surface area (Å²) in [6, 6.07) is 8.30. The topological polar surface area (TPSA) is 65.5 Å². The van der Waals surface area contributed by atoms with Crippen LogP contribution in [0, 0.1) is 0 Å². The molecule has 184 valence electrons. The molecular weight excluding hydrogens is 444 g/mol. The Labute approximate surface area is 207 Å². The molecule has 6 nitrogen and oxygen atoms in total. The third kappa shape index (κ3) is 5.87. The molecule has 1 saturated carbocycles. The van der Waals surface area contributed by atoms with E-state index in [1.54, 1.807) is 0 Å². The maximum Gasteiger partial charge on any atom is 0.257 e. The zero-order valence-electron chi connectivity index (χ0n) is 21.0. The summed E-state index contributed by atoms with van der Waals surface area (Å²) in [5, 5.41) is 5.59. The molecule has 2 fully saturated rings. The molecule has 1 saturated heterocycles. The molecule has 2 amide bonds.